The van der Waals surface area contributed by atoms with Gasteiger partial charge in [-0.15, -0.1) is 0 Å². The lowest BCUT2D eigenvalue weighted by Crippen LogP contribution is -2.02. The number of nitrogens with one attached hydrogen (secondary N) is 1. The number of rotatable bonds is 3. The molecule has 0 spiro atoms. The highest BCUT2D eigenvalue weighted by atomic mass is 35.5. The molecule has 4 heteroatoms. The van der Waals surface area contributed by atoms with Gasteiger partial charge in [-0.05, 0) is 12.5 Å². The molecule has 0 saturated carbocycles. The molecule has 0 atom stereocenters. The molecule has 1 rings (SSSR count). The normalized spacial score (nSPS) is 10.2. The largest absolute Gasteiger partial charge is 0.383 e. The van der Waals surface area contributed by atoms with Gasteiger partial charge in [0, 0.05) is 12.6 Å². The lowest BCUT2D eigenvalue weighted by atomic mass is 10.3. The number of anilines is 1. The van der Waals surface area contributed by atoms with Crippen molar-refractivity contribution in [3.05, 3.63) is 28.8 Å². The van der Waals surface area contributed by atoms with Crippen LogP contribution < -0.4 is 5.32 Å². The Kier molecular flexibility index (Phi) is 3.48. The molecule has 0 aliphatic heterocycles. The van der Waals surface area contributed by atoms with Crippen LogP contribution in [-0.4, -0.2) is 6.54 Å². The molecule has 0 aliphatic carbocycles. The zero-order valence-corrected chi connectivity index (χ0v) is 7.96. The Morgan fingerprint density at radius 3 is 2.62 bits per heavy atom. The maximum Gasteiger partial charge on any atom is 0.149 e. The van der Waals surface area contributed by atoms with E-state index in [9.17, 15) is 8.78 Å². The van der Waals surface area contributed by atoms with Crippen molar-refractivity contribution in [2.45, 2.75) is 13.3 Å². The van der Waals surface area contributed by atoms with Crippen LogP contribution in [0.15, 0.2) is 12.1 Å². The molecule has 0 aromatic heterocycles. The predicted octanol–water partition coefficient (Wildman–Crippen LogP) is 3.44. The smallest absolute Gasteiger partial charge is 0.149 e. The van der Waals surface area contributed by atoms with Crippen molar-refractivity contribution in [2.75, 3.05) is 11.9 Å². The summed E-state index contributed by atoms with van der Waals surface area (Å²) in [6.45, 7) is 2.59. The minimum absolute atomic E-state index is 0.0694. The average molecular weight is 206 g/mol. The summed E-state index contributed by atoms with van der Waals surface area (Å²) in [4.78, 5) is 0. The van der Waals surface area contributed by atoms with Gasteiger partial charge < -0.3 is 5.32 Å². The zero-order chi connectivity index (χ0) is 9.84. The molecule has 1 aromatic rings. The molecule has 0 amide bonds. The topological polar surface area (TPSA) is 12.0 Å². The third kappa shape index (κ3) is 2.56. The van der Waals surface area contributed by atoms with Crippen molar-refractivity contribution in [1.29, 1.82) is 0 Å². The third-order valence-corrected chi connectivity index (χ3v) is 1.87. The highest BCUT2D eigenvalue weighted by Gasteiger charge is 2.07. The van der Waals surface area contributed by atoms with E-state index >= 15 is 0 Å². The Labute approximate surface area is 80.7 Å². The molecule has 0 heterocycles. The van der Waals surface area contributed by atoms with Gasteiger partial charge in [-0.1, -0.05) is 18.5 Å². The van der Waals surface area contributed by atoms with Crippen LogP contribution in [0.4, 0.5) is 14.5 Å². The minimum atomic E-state index is -0.735. The van der Waals surface area contributed by atoms with Crippen molar-refractivity contribution in [2.24, 2.45) is 0 Å². The van der Waals surface area contributed by atoms with Crippen LogP contribution in [0.5, 0.6) is 0 Å². The molecule has 72 valence electrons. The molecule has 0 radical (unpaired) electrons. The number of halogens is 3. The Bertz CT molecular complexity index is 302. The number of hydrogen-bond donors (Lipinski definition) is 1. The van der Waals surface area contributed by atoms with Crippen LogP contribution in [0.2, 0.25) is 5.02 Å². The molecular weight excluding hydrogens is 196 g/mol. The fourth-order valence-electron chi connectivity index (χ4n) is 0.918. The van der Waals surface area contributed by atoms with E-state index in [0.717, 1.165) is 12.5 Å². The van der Waals surface area contributed by atoms with Crippen molar-refractivity contribution in [1.82, 2.24) is 0 Å². The van der Waals surface area contributed by atoms with Crippen LogP contribution in [0, 0.1) is 11.6 Å². The Morgan fingerprint density at radius 2 is 2.00 bits per heavy atom. The van der Waals surface area contributed by atoms with E-state index in [0.29, 0.717) is 6.54 Å². The van der Waals surface area contributed by atoms with Crippen molar-refractivity contribution in [3.8, 4) is 0 Å². The molecule has 0 aliphatic rings. The van der Waals surface area contributed by atoms with Gasteiger partial charge in [0.1, 0.15) is 11.6 Å². The van der Waals surface area contributed by atoms with Crippen molar-refractivity contribution >= 4 is 17.3 Å². The van der Waals surface area contributed by atoms with Crippen LogP contribution in [0.25, 0.3) is 0 Å². The average Bonchev–Trinajstić information content (AvgIpc) is 2.09. The summed E-state index contributed by atoms with van der Waals surface area (Å²) in [5.74, 6) is -1.35. The highest BCUT2D eigenvalue weighted by molar-refractivity contribution is 6.31. The van der Waals surface area contributed by atoms with E-state index in [1.54, 1.807) is 0 Å². The van der Waals surface area contributed by atoms with E-state index in [4.69, 9.17) is 11.6 Å². The quantitative estimate of drug-likeness (QED) is 0.746. The summed E-state index contributed by atoms with van der Waals surface area (Å²) in [6, 6.07) is 2.03. The molecule has 1 N–H and O–H groups in total. The minimum Gasteiger partial charge on any atom is -0.383 e. The van der Waals surface area contributed by atoms with E-state index in [-0.39, 0.29) is 10.7 Å². The third-order valence-electron chi connectivity index (χ3n) is 1.58. The van der Waals surface area contributed by atoms with Crippen molar-refractivity contribution < 1.29 is 8.78 Å². The van der Waals surface area contributed by atoms with Crippen LogP contribution in [0.1, 0.15) is 13.3 Å². The second kappa shape index (κ2) is 4.42. The van der Waals surface area contributed by atoms with Gasteiger partial charge in [0.15, 0.2) is 0 Å². The monoisotopic (exact) mass is 205 g/mol. The summed E-state index contributed by atoms with van der Waals surface area (Å²) < 4.78 is 25.7. The first kappa shape index (κ1) is 10.3. The standard InChI is InChI=1S/C9H10ClF2N/c1-2-3-13-9-4-6(10)7(11)5-8(9)12/h4-5,13H,2-3H2,1H3. The zero-order valence-electron chi connectivity index (χ0n) is 7.20. The summed E-state index contributed by atoms with van der Waals surface area (Å²) in [6.07, 6.45) is 0.869. The van der Waals surface area contributed by atoms with Gasteiger partial charge in [0.2, 0.25) is 0 Å². The molecule has 0 bridgehead atoms. The summed E-state index contributed by atoms with van der Waals surface area (Å²) in [5.41, 5.74) is 0.244. The highest BCUT2D eigenvalue weighted by Crippen LogP contribution is 2.22. The molecule has 0 fully saturated rings. The second-order valence-corrected chi connectivity index (χ2v) is 3.08. The Balaban J connectivity index is 2.88. The first-order chi connectivity index (χ1) is 6.15. The van der Waals surface area contributed by atoms with Crippen molar-refractivity contribution in [3.63, 3.8) is 0 Å². The number of benzene rings is 1. The van der Waals surface area contributed by atoms with E-state index in [1.165, 1.54) is 6.07 Å². The molecule has 0 saturated heterocycles. The summed E-state index contributed by atoms with van der Waals surface area (Å²) >= 11 is 5.48. The van der Waals surface area contributed by atoms with E-state index < -0.39 is 11.6 Å². The summed E-state index contributed by atoms with van der Waals surface area (Å²) in [5, 5.41) is 2.74. The number of hydrogen-bond acceptors (Lipinski definition) is 1. The first-order valence-corrected chi connectivity index (χ1v) is 4.41. The van der Waals surface area contributed by atoms with E-state index in [1.807, 2.05) is 6.92 Å². The Hall–Kier alpha value is -0.830. The van der Waals surface area contributed by atoms with Gasteiger partial charge in [-0.25, -0.2) is 8.78 Å². The molecule has 0 unspecified atom stereocenters. The molecular formula is C9H10ClF2N. The fraction of sp³-hybridized carbons (Fsp3) is 0.333. The fourth-order valence-corrected chi connectivity index (χ4v) is 1.08. The molecule has 13 heavy (non-hydrogen) atoms. The van der Waals surface area contributed by atoms with Gasteiger partial charge in [-0.3, -0.25) is 0 Å². The van der Waals surface area contributed by atoms with Crippen LogP contribution in [-0.2, 0) is 0 Å². The molecule has 1 nitrogen and oxygen atoms in total. The first-order valence-electron chi connectivity index (χ1n) is 4.03. The SMILES string of the molecule is CCCNc1cc(Cl)c(F)cc1F. The van der Waals surface area contributed by atoms with Gasteiger partial charge >= 0.3 is 0 Å². The van der Waals surface area contributed by atoms with Gasteiger partial charge in [0.25, 0.3) is 0 Å². The Morgan fingerprint density at radius 1 is 1.31 bits per heavy atom. The summed E-state index contributed by atoms with van der Waals surface area (Å²) in [7, 11) is 0. The van der Waals surface area contributed by atoms with E-state index in [2.05, 4.69) is 5.32 Å². The lowest BCUT2D eigenvalue weighted by molar-refractivity contribution is 0.585. The predicted molar refractivity (Wildman–Crippen MR) is 50.1 cm³/mol. The maximum absolute atomic E-state index is 13.0. The maximum atomic E-state index is 13.0. The van der Waals surface area contributed by atoms with Gasteiger partial charge in [-0.2, -0.15) is 0 Å². The van der Waals surface area contributed by atoms with Gasteiger partial charge in [0.05, 0.1) is 10.7 Å². The molecule has 1 aromatic carbocycles. The van der Waals surface area contributed by atoms with Crippen LogP contribution in [0.3, 0.4) is 0 Å². The lowest BCUT2D eigenvalue weighted by Gasteiger charge is -2.06. The second-order valence-electron chi connectivity index (χ2n) is 2.67. The van der Waals surface area contributed by atoms with Crippen LogP contribution >= 0.6 is 11.6 Å².